The van der Waals surface area contributed by atoms with Crippen molar-refractivity contribution >= 4 is 27.8 Å². The van der Waals surface area contributed by atoms with Crippen LogP contribution >= 0.6 is 11.3 Å². The molecule has 31 heavy (non-hydrogen) atoms. The van der Waals surface area contributed by atoms with Crippen molar-refractivity contribution in [2.45, 2.75) is 38.7 Å². The lowest BCUT2D eigenvalue weighted by atomic mass is 9.99. The molecule has 1 aliphatic rings. The van der Waals surface area contributed by atoms with Crippen LogP contribution in [0.4, 0.5) is 18.0 Å². The van der Waals surface area contributed by atoms with Gasteiger partial charge in [-0.1, -0.05) is 0 Å². The molecule has 0 saturated carbocycles. The van der Waals surface area contributed by atoms with Gasteiger partial charge in [-0.3, -0.25) is 0 Å². The van der Waals surface area contributed by atoms with E-state index in [-0.39, 0.29) is 17.8 Å². The Balaban J connectivity index is 1.56. The molecule has 1 aromatic carbocycles. The molecule has 2 aromatic heterocycles. The lowest BCUT2D eigenvalue weighted by molar-refractivity contribution is -0.274. The number of amides is 1. The second-order valence-electron chi connectivity index (χ2n) is 8.09. The van der Waals surface area contributed by atoms with Gasteiger partial charge in [0, 0.05) is 18.7 Å². The van der Waals surface area contributed by atoms with E-state index >= 15 is 0 Å². The first kappa shape index (κ1) is 21.3. The number of likely N-dealkylation sites (tertiary alicyclic amines) is 1. The van der Waals surface area contributed by atoms with Crippen molar-refractivity contribution in [3.8, 4) is 17.0 Å². The lowest BCUT2D eigenvalue weighted by Gasteiger charge is -2.38. The Labute approximate surface area is 179 Å². The van der Waals surface area contributed by atoms with Gasteiger partial charge >= 0.3 is 12.5 Å². The molecule has 7 nitrogen and oxygen atoms in total. The SMILES string of the molecule is CC(C)(C)OC(=O)N1CC(c2nc(-c3ccc(OC(F)(F)F)cc3)c3scnc3n2)C1. The molecule has 0 atom stereocenters. The third-order valence-corrected chi connectivity index (χ3v) is 5.29. The van der Waals surface area contributed by atoms with Crippen LogP contribution in [0.1, 0.15) is 32.5 Å². The molecule has 1 saturated heterocycles. The van der Waals surface area contributed by atoms with Crippen molar-refractivity contribution in [1.82, 2.24) is 19.9 Å². The highest BCUT2D eigenvalue weighted by atomic mass is 32.1. The number of aromatic nitrogens is 3. The Morgan fingerprint density at radius 2 is 1.81 bits per heavy atom. The number of carbonyl (C=O) groups is 1. The maximum absolute atomic E-state index is 12.4. The van der Waals surface area contributed by atoms with Crippen molar-refractivity contribution in [2.24, 2.45) is 0 Å². The van der Waals surface area contributed by atoms with Crippen LogP contribution in [0.25, 0.3) is 21.6 Å². The van der Waals surface area contributed by atoms with Gasteiger partial charge in [-0.25, -0.2) is 19.7 Å². The van der Waals surface area contributed by atoms with E-state index in [1.165, 1.54) is 35.6 Å². The summed E-state index contributed by atoms with van der Waals surface area (Å²) in [4.78, 5) is 27.2. The largest absolute Gasteiger partial charge is 0.573 e. The number of nitrogens with zero attached hydrogens (tertiary/aromatic N) is 4. The summed E-state index contributed by atoms with van der Waals surface area (Å²) in [6.07, 6.45) is -5.14. The Kier molecular flexibility index (Phi) is 5.24. The van der Waals surface area contributed by atoms with E-state index in [9.17, 15) is 18.0 Å². The van der Waals surface area contributed by atoms with Gasteiger partial charge in [0.25, 0.3) is 0 Å². The maximum atomic E-state index is 12.4. The van der Waals surface area contributed by atoms with Crippen LogP contribution in [0, 0.1) is 0 Å². The highest BCUT2D eigenvalue weighted by Crippen LogP contribution is 2.34. The summed E-state index contributed by atoms with van der Waals surface area (Å²) in [7, 11) is 0. The number of thiazole rings is 1. The lowest BCUT2D eigenvalue weighted by Crippen LogP contribution is -2.50. The van der Waals surface area contributed by atoms with Crippen LogP contribution in [-0.4, -0.2) is 51.0 Å². The normalized spacial score (nSPS) is 15.1. The Hall–Kier alpha value is -2.95. The van der Waals surface area contributed by atoms with Crippen LogP contribution in [0.2, 0.25) is 0 Å². The zero-order valence-corrected chi connectivity index (χ0v) is 17.8. The molecule has 0 bridgehead atoms. The number of benzene rings is 1. The number of halogens is 3. The number of rotatable bonds is 3. The molecule has 4 rings (SSSR count). The van der Waals surface area contributed by atoms with Gasteiger partial charge in [0.15, 0.2) is 5.65 Å². The summed E-state index contributed by atoms with van der Waals surface area (Å²) in [6, 6.07) is 5.51. The van der Waals surface area contributed by atoms with Crippen LogP contribution in [0.5, 0.6) is 5.75 Å². The number of ether oxygens (including phenoxy) is 2. The standard InChI is InChI=1S/C20H19F3N4O3S/c1-19(2,3)30-18(28)27-8-12(9-27)16-25-14(15-17(26-16)24-10-31-15)11-4-6-13(7-5-11)29-20(21,22)23/h4-7,10,12H,8-9H2,1-3H3. The van der Waals surface area contributed by atoms with Crippen molar-refractivity contribution in [3.63, 3.8) is 0 Å². The molecular weight excluding hydrogens is 433 g/mol. The molecule has 0 radical (unpaired) electrons. The molecule has 0 N–H and O–H groups in total. The summed E-state index contributed by atoms with van der Waals surface area (Å²) < 4.78 is 47.3. The van der Waals surface area contributed by atoms with Crippen LogP contribution in [0.3, 0.4) is 0 Å². The van der Waals surface area contributed by atoms with Gasteiger partial charge in [-0.2, -0.15) is 0 Å². The third-order valence-electron chi connectivity index (χ3n) is 4.47. The smallest absolute Gasteiger partial charge is 0.444 e. The number of carbonyl (C=O) groups excluding carboxylic acids is 1. The van der Waals surface area contributed by atoms with E-state index in [4.69, 9.17) is 4.74 Å². The highest BCUT2D eigenvalue weighted by Gasteiger charge is 2.37. The Morgan fingerprint density at radius 1 is 1.13 bits per heavy atom. The minimum atomic E-state index is -4.75. The first-order chi connectivity index (χ1) is 14.5. The molecule has 0 aliphatic carbocycles. The molecule has 0 unspecified atom stereocenters. The first-order valence-electron chi connectivity index (χ1n) is 9.44. The van der Waals surface area contributed by atoms with Crippen molar-refractivity contribution in [1.29, 1.82) is 0 Å². The Morgan fingerprint density at radius 3 is 2.42 bits per heavy atom. The van der Waals surface area contributed by atoms with Crippen LogP contribution in [0.15, 0.2) is 29.8 Å². The zero-order chi connectivity index (χ0) is 22.4. The van der Waals surface area contributed by atoms with Crippen LogP contribution < -0.4 is 4.74 Å². The molecule has 11 heteroatoms. The third kappa shape index (κ3) is 4.87. The predicted octanol–water partition coefficient (Wildman–Crippen LogP) is 4.99. The topological polar surface area (TPSA) is 77.4 Å². The van der Waals surface area contributed by atoms with Gasteiger partial charge in [-0.15, -0.1) is 24.5 Å². The number of hydrogen-bond donors (Lipinski definition) is 0. The minimum Gasteiger partial charge on any atom is -0.444 e. The average molecular weight is 452 g/mol. The number of hydrogen-bond acceptors (Lipinski definition) is 7. The van der Waals surface area contributed by atoms with Crippen molar-refractivity contribution in [3.05, 3.63) is 35.6 Å². The van der Waals surface area contributed by atoms with Gasteiger partial charge in [0.2, 0.25) is 0 Å². The first-order valence-corrected chi connectivity index (χ1v) is 10.3. The predicted molar refractivity (Wildman–Crippen MR) is 108 cm³/mol. The van der Waals surface area contributed by atoms with E-state index < -0.39 is 12.0 Å². The summed E-state index contributed by atoms with van der Waals surface area (Å²) in [5, 5.41) is 0. The maximum Gasteiger partial charge on any atom is 0.573 e. The zero-order valence-electron chi connectivity index (χ0n) is 16.9. The molecule has 164 valence electrons. The summed E-state index contributed by atoms with van der Waals surface area (Å²) >= 11 is 1.35. The van der Waals surface area contributed by atoms with Crippen molar-refractivity contribution < 1.29 is 27.4 Å². The summed E-state index contributed by atoms with van der Waals surface area (Å²) in [5.74, 6) is 0.145. The molecule has 0 spiro atoms. The molecule has 3 heterocycles. The fourth-order valence-electron chi connectivity index (χ4n) is 3.09. The van der Waals surface area contributed by atoms with Gasteiger partial charge < -0.3 is 14.4 Å². The average Bonchev–Trinajstić information content (AvgIpc) is 3.06. The molecule has 3 aromatic rings. The monoisotopic (exact) mass is 452 g/mol. The summed E-state index contributed by atoms with van der Waals surface area (Å²) in [6.45, 7) is 6.25. The van der Waals surface area contributed by atoms with Gasteiger partial charge in [0.05, 0.1) is 21.8 Å². The van der Waals surface area contributed by atoms with E-state index in [1.54, 1.807) is 31.2 Å². The van der Waals surface area contributed by atoms with Crippen molar-refractivity contribution in [2.75, 3.05) is 13.1 Å². The number of fused-ring (bicyclic) bond motifs is 1. The van der Waals surface area contributed by atoms with E-state index in [2.05, 4.69) is 19.7 Å². The quantitative estimate of drug-likeness (QED) is 0.558. The van der Waals surface area contributed by atoms with E-state index in [0.717, 1.165) is 4.70 Å². The van der Waals surface area contributed by atoms with E-state index in [0.29, 0.717) is 35.8 Å². The highest BCUT2D eigenvalue weighted by molar-refractivity contribution is 7.17. The minimum absolute atomic E-state index is 0.0785. The molecule has 1 aliphatic heterocycles. The fourth-order valence-corrected chi connectivity index (χ4v) is 3.83. The van der Waals surface area contributed by atoms with E-state index in [1.807, 2.05) is 0 Å². The second-order valence-corrected chi connectivity index (χ2v) is 8.94. The molecule has 1 fully saturated rings. The fraction of sp³-hybridized carbons (Fsp3) is 0.400. The summed E-state index contributed by atoms with van der Waals surface area (Å²) in [5.41, 5.74) is 2.78. The Bertz CT molecular complexity index is 1100. The van der Waals surface area contributed by atoms with Crippen LogP contribution in [-0.2, 0) is 4.74 Å². The molecule has 1 amide bonds. The van der Waals surface area contributed by atoms with Gasteiger partial charge in [-0.05, 0) is 45.0 Å². The second kappa shape index (κ2) is 7.63. The van der Waals surface area contributed by atoms with Gasteiger partial charge in [0.1, 0.15) is 17.2 Å². The number of alkyl halides is 3. The molecular formula is C20H19F3N4O3S.